The molecule has 0 heterocycles. The molecule has 1 amide bonds. The van der Waals surface area contributed by atoms with Crippen LogP contribution in [0.4, 0.5) is 0 Å². The minimum Gasteiger partial charge on any atom is -0.351 e. The van der Waals surface area contributed by atoms with Gasteiger partial charge in [0.25, 0.3) is 0 Å². The van der Waals surface area contributed by atoms with E-state index in [-0.39, 0.29) is 16.9 Å². The van der Waals surface area contributed by atoms with Gasteiger partial charge in [0.2, 0.25) is 5.91 Å². The Kier molecular flexibility index (Phi) is 6.17. The second-order valence-electron chi connectivity index (χ2n) is 6.88. The highest BCUT2D eigenvalue weighted by Gasteiger charge is 2.27. The van der Waals surface area contributed by atoms with E-state index in [4.69, 9.17) is 5.73 Å². The lowest BCUT2D eigenvalue weighted by atomic mass is 9.81. The van der Waals surface area contributed by atoms with Gasteiger partial charge in [-0.2, -0.15) is 0 Å². The summed E-state index contributed by atoms with van der Waals surface area (Å²) in [5.41, 5.74) is 5.68. The molecular weight excluding hydrogens is 212 g/mol. The Morgan fingerprint density at radius 1 is 1.24 bits per heavy atom. The fraction of sp³-hybridized carbons (Fsp3) is 0.929. The van der Waals surface area contributed by atoms with Crippen molar-refractivity contribution in [1.82, 2.24) is 5.32 Å². The molecule has 0 saturated heterocycles. The maximum atomic E-state index is 11.9. The Morgan fingerprint density at radius 2 is 1.76 bits per heavy atom. The van der Waals surface area contributed by atoms with E-state index in [2.05, 4.69) is 46.9 Å². The summed E-state index contributed by atoms with van der Waals surface area (Å²) >= 11 is 0. The molecule has 0 spiro atoms. The van der Waals surface area contributed by atoms with Crippen LogP contribution in [0.25, 0.3) is 0 Å². The van der Waals surface area contributed by atoms with E-state index in [0.717, 1.165) is 12.8 Å². The Labute approximate surface area is 107 Å². The Bertz CT molecular complexity index is 237. The molecule has 0 aromatic carbocycles. The van der Waals surface area contributed by atoms with E-state index in [1.807, 2.05) is 0 Å². The van der Waals surface area contributed by atoms with Gasteiger partial charge < -0.3 is 11.1 Å². The second kappa shape index (κ2) is 6.39. The summed E-state index contributed by atoms with van der Waals surface area (Å²) in [6.07, 6.45) is 2.47. The van der Waals surface area contributed by atoms with Crippen molar-refractivity contribution < 1.29 is 4.79 Å². The average molecular weight is 242 g/mol. The van der Waals surface area contributed by atoms with E-state index in [1.54, 1.807) is 0 Å². The minimum absolute atomic E-state index is 0.122. The van der Waals surface area contributed by atoms with E-state index >= 15 is 0 Å². The predicted octanol–water partition coefficient (Wildman–Crippen LogP) is 2.69. The van der Waals surface area contributed by atoms with Crippen LogP contribution in [0.1, 0.15) is 60.8 Å². The fourth-order valence-corrected chi connectivity index (χ4v) is 2.45. The highest BCUT2D eigenvalue weighted by Crippen LogP contribution is 2.26. The Hall–Kier alpha value is -0.570. The third kappa shape index (κ3) is 8.19. The van der Waals surface area contributed by atoms with E-state index in [1.165, 1.54) is 0 Å². The van der Waals surface area contributed by atoms with Gasteiger partial charge in [0.1, 0.15) is 0 Å². The summed E-state index contributed by atoms with van der Waals surface area (Å²) in [6, 6.07) is 0. The lowest BCUT2D eigenvalue weighted by molar-refractivity contribution is -0.123. The topological polar surface area (TPSA) is 55.1 Å². The molecule has 3 nitrogen and oxygen atoms in total. The summed E-state index contributed by atoms with van der Waals surface area (Å²) in [5.74, 6) is 0.428. The zero-order valence-corrected chi connectivity index (χ0v) is 12.4. The molecule has 0 rings (SSSR count). The molecule has 0 aliphatic rings. The highest BCUT2D eigenvalue weighted by molar-refractivity contribution is 5.77. The first-order valence-electron chi connectivity index (χ1n) is 6.60. The molecule has 0 aliphatic carbocycles. The van der Waals surface area contributed by atoms with Crippen molar-refractivity contribution in [3.05, 3.63) is 0 Å². The minimum atomic E-state index is -0.151. The van der Waals surface area contributed by atoms with Gasteiger partial charge in [-0.15, -0.1) is 0 Å². The largest absolute Gasteiger partial charge is 0.351 e. The fourth-order valence-electron chi connectivity index (χ4n) is 2.45. The van der Waals surface area contributed by atoms with Crippen molar-refractivity contribution in [3.63, 3.8) is 0 Å². The molecule has 102 valence electrons. The number of carbonyl (C=O) groups excluding carboxylic acids is 1. The molecule has 0 radical (unpaired) electrons. The molecule has 3 N–H and O–H groups in total. The first-order valence-corrected chi connectivity index (χ1v) is 6.60. The number of rotatable bonds is 6. The first-order chi connectivity index (χ1) is 7.59. The van der Waals surface area contributed by atoms with Gasteiger partial charge in [-0.25, -0.2) is 0 Å². The monoisotopic (exact) mass is 242 g/mol. The molecule has 1 unspecified atom stereocenters. The van der Waals surface area contributed by atoms with E-state index in [0.29, 0.717) is 18.9 Å². The maximum Gasteiger partial charge on any atom is 0.220 e. The zero-order chi connectivity index (χ0) is 13.7. The average Bonchev–Trinajstić information content (AvgIpc) is 2.08. The van der Waals surface area contributed by atoms with Crippen molar-refractivity contribution in [3.8, 4) is 0 Å². The molecule has 0 aliphatic heterocycles. The zero-order valence-electron chi connectivity index (χ0n) is 12.4. The highest BCUT2D eigenvalue weighted by atomic mass is 16.1. The van der Waals surface area contributed by atoms with Crippen molar-refractivity contribution in [2.45, 2.75) is 66.3 Å². The lowest BCUT2D eigenvalue weighted by Crippen LogP contribution is -2.46. The number of nitrogens with one attached hydrogen (secondary N) is 1. The number of hydrogen-bond donors (Lipinski definition) is 2. The van der Waals surface area contributed by atoms with Gasteiger partial charge in [-0.3, -0.25) is 4.79 Å². The number of hydrogen-bond acceptors (Lipinski definition) is 2. The van der Waals surface area contributed by atoms with Crippen LogP contribution in [-0.2, 0) is 4.79 Å². The van der Waals surface area contributed by atoms with Gasteiger partial charge in [0.05, 0.1) is 0 Å². The van der Waals surface area contributed by atoms with Gasteiger partial charge in [-0.1, -0.05) is 34.1 Å². The van der Waals surface area contributed by atoms with Crippen molar-refractivity contribution >= 4 is 5.91 Å². The SMILES string of the molecule is CCC(CN)CC(=O)NC(C)(C)CC(C)(C)C. The van der Waals surface area contributed by atoms with Crippen LogP contribution in [-0.4, -0.2) is 18.0 Å². The van der Waals surface area contributed by atoms with Crippen LogP contribution in [0.2, 0.25) is 0 Å². The summed E-state index contributed by atoms with van der Waals surface area (Å²) in [7, 11) is 0. The van der Waals surface area contributed by atoms with Crippen molar-refractivity contribution in [2.24, 2.45) is 17.1 Å². The summed E-state index contributed by atoms with van der Waals surface area (Å²) in [5, 5.41) is 3.12. The number of carbonyl (C=O) groups is 1. The molecule has 17 heavy (non-hydrogen) atoms. The summed E-state index contributed by atoms with van der Waals surface area (Å²) in [4.78, 5) is 11.9. The summed E-state index contributed by atoms with van der Waals surface area (Å²) in [6.45, 7) is 13.4. The first kappa shape index (κ1) is 16.4. The molecule has 0 bridgehead atoms. The molecule has 0 aromatic rings. The van der Waals surface area contributed by atoms with Crippen LogP contribution in [0.3, 0.4) is 0 Å². The Morgan fingerprint density at radius 3 is 2.12 bits per heavy atom. The third-order valence-electron chi connectivity index (χ3n) is 2.83. The molecule has 0 fully saturated rings. The van der Waals surface area contributed by atoms with E-state index in [9.17, 15) is 4.79 Å². The van der Waals surface area contributed by atoms with Crippen LogP contribution in [0.5, 0.6) is 0 Å². The molecule has 0 saturated carbocycles. The number of nitrogens with two attached hydrogens (primary N) is 1. The van der Waals surface area contributed by atoms with Gasteiger partial charge >= 0.3 is 0 Å². The van der Waals surface area contributed by atoms with Crippen LogP contribution in [0, 0.1) is 11.3 Å². The number of amides is 1. The van der Waals surface area contributed by atoms with Crippen LogP contribution < -0.4 is 11.1 Å². The molecule has 3 heteroatoms. The molecular formula is C14H30N2O. The quantitative estimate of drug-likeness (QED) is 0.752. The van der Waals surface area contributed by atoms with Crippen LogP contribution in [0.15, 0.2) is 0 Å². The van der Waals surface area contributed by atoms with Gasteiger partial charge in [-0.05, 0) is 38.1 Å². The third-order valence-corrected chi connectivity index (χ3v) is 2.83. The summed E-state index contributed by atoms with van der Waals surface area (Å²) < 4.78 is 0. The second-order valence-corrected chi connectivity index (χ2v) is 6.88. The van der Waals surface area contributed by atoms with Gasteiger partial charge in [0.15, 0.2) is 0 Å². The standard InChI is InChI=1S/C14H30N2O/c1-7-11(9-15)8-12(17)16-14(5,6)10-13(2,3)4/h11H,7-10,15H2,1-6H3,(H,16,17). The van der Waals surface area contributed by atoms with Crippen molar-refractivity contribution in [1.29, 1.82) is 0 Å². The maximum absolute atomic E-state index is 11.9. The smallest absolute Gasteiger partial charge is 0.220 e. The normalized spacial score (nSPS) is 14.5. The van der Waals surface area contributed by atoms with E-state index < -0.39 is 0 Å². The van der Waals surface area contributed by atoms with Crippen LogP contribution >= 0.6 is 0 Å². The molecule has 1 atom stereocenters. The lowest BCUT2D eigenvalue weighted by Gasteiger charge is -2.33. The Balaban J connectivity index is 4.27. The predicted molar refractivity (Wildman–Crippen MR) is 73.7 cm³/mol. The van der Waals surface area contributed by atoms with Crippen molar-refractivity contribution in [2.75, 3.05) is 6.54 Å². The van der Waals surface area contributed by atoms with Gasteiger partial charge in [0, 0.05) is 12.0 Å². The molecule has 0 aromatic heterocycles.